The van der Waals surface area contributed by atoms with Gasteiger partial charge in [-0.3, -0.25) is 4.79 Å². The zero-order valence-electron chi connectivity index (χ0n) is 11.2. The van der Waals surface area contributed by atoms with E-state index < -0.39 is 0 Å². The molecule has 7 N–H and O–H groups in total. The maximum absolute atomic E-state index is 11.7. The van der Waals surface area contributed by atoms with Crippen molar-refractivity contribution in [1.29, 1.82) is 0 Å². The number of rotatable bonds is 5. The lowest BCUT2D eigenvalue weighted by atomic mass is 10.2. The largest absolute Gasteiger partial charge is 0.383 e. The molecule has 0 aliphatic carbocycles. The molecule has 0 atom stereocenters. The van der Waals surface area contributed by atoms with E-state index in [1.54, 1.807) is 31.4 Å². The Morgan fingerprint density at radius 2 is 1.90 bits per heavy atom. The fourth-order valence-corrected chi connectivity index (χ4v) is 1.35. The highest BCUT2D eigenvalue weighted by Gasteiger charge is 2.04. The highest BCUT2D eigenvalue weighted by molar-refractivity contribution is 5.95. The van der Waals surface area contributed by atoms with Gasteiger partial charge in [0.2, 0.25) is 5.96 Å². The molecule has 20 heavy (non-hydrogen) atoms. The number of amides is 1. The number of guanidine groups is 2. The van der Waals surface area contributed by atoms with E-state index in [2.05, 4.69) is 15.3 Å². The third kappa shape index (κ3) is 5.36. The molecule has 0 saturated heterocycles. The summed E-state index contributed by atoms with van der Waals surface area (Å²) < 4.78 is 4.84. The second kappa shape index (κ2) is 7.74. The summed E-state index contributed by atoms with van der Waals surface area (Å²) in [6.45, 7) is 0.913. The molecular weight excluding hydrogens is 260 g/mol. The average molecular weight is 278 g/mol. The number of nitrogens with zero attached hydrogens (tertiary/aromatic N) is 2. The van der Waals surface area contributed by atoms with Gasteiger partial charge in [0.25, 0.3) is 5.91 Å². The minimum Gasteiger partial charge on any atom is -0.383 e. The first-order chi connectivity index (χ1) is 9.52. The standard InChI is InChI=1S/C12H18N6O2/c1-20-7-6-16-10(19)8-2-4-9(5-3-8)17-12(15)18-11(13)14/h2-5H,6-7H2,1H3,(H,16,19)(H6,13,14,15,17,18). The van der Waals surface area contributed by atoms with Gasteiger partial charge >= 0.3 is 0 Å². The molecular formula is C12H18N6O2. The molecule has 0 unspecified atom stereocenters. The minimum absolute atomic E-state index is 0.0534. The predicted molar refractivity (Wildman–Crippen MR) is 77.7 cm³/mol. The van der Waals surface area contributed by atoms with E-state index in [0.29, 0.717) is 24.4 Å². The van der Waals surface area contributed by atoms with Crippen molar-refractivity contribution in [3.63, 3.8) is 0 Å². The Bertz CT molecular complexity index is 505. The number of methoxy groups -OCH3 is 1. The van der Waals surface area contributed by atoms with Gasteiger partial charge < -0.3 is 27.3 Å². The fraction of sp³-hybridized carbons (Fsp3) is 0.250. The van der Waals surface area contributed by atoms with Gasteiger partial charge in [-0.05, 0) is 24.3 Å². The zero-order chi connectivity index (χ0) is 15.0. The van der Waals surface area contributed by atoms with E-state index in [0.717, 1.165) is 0 Å². The van der Waals surface area contributed by atoms with Crippen LogP contribution in [0.4, 0.5) is 5.69 Å². The van der Waals surface area contributed by atoms with Crippen LogP contribution in [0.25, 0.3) is 0 Å². The van der Waals surface area contributed by atoms with Gasteiger partial charge in [-0.25, -0.2) is 4.99 Å². The van der Waals surface area contributed by atoms with E-state index >= 15 is 0 Å². The minimum atomic E-state index is -0.185. The van der Waals surface area contributed by atoms with Crippen LogP contribution in [0.3, 0.4) is 0 Å². The van der Waals surface area contributed by atoms with Gasteiger partial charge in [0.1, 0.15) is 0 Å². The molecule has 0 spiro atoms. The number of nitrogens with two attached hydrogens (primary N) is 3. The van der Waals surface area contributed by atoms with Crippen LogP contribution in [-0.2, 0) is 4.74 Å². The number of carbonyl (C=O) groups is 1. The van der Waals surface area contributed by atoms with Crippen molar-refractivity contribution in [3.05, 3.63) is 29.8 Å². The highest BCUT2D eigenvalue weighted by Crippen LogP contribution is 2.13. The Labute approximate surface area is 116 Å². The SMILES string of the molecule is COCCNC(=O)c1ccc(N=C(N)N=C(N)N)cc1. The van der Waals surface area contributed by atoms with Crippen molar-refractivity contribution in [2.45, 2.75) is 0 Å². The molecule has 1 aromatic rings. The van der Waals surface area contributed by atoms with Crippen LogP contribution in [0.2, 0.25) is 0 Å². The van der Waals surface area contributed by atoms with Crippen molar-refractivity contribution in [1.82, 2.24) is 5.32 Å². The number of nitrogens with one attached hydrogen (secondary N) is 1. The van der Waals surface area contributed by atoms with Gasteiger partial charge in [0.15, 0.2) is 5.96 Å². The molecule has 0 saturated carbocycles. The van der Waals surface area contributed by atoms with Crippen molar-refractivity contribution in [2.24, 2.45) is 27.2 Å². The molecule has 8 nitrogen and oxygen atoms in total. The molecule has 0 bridgehead atoms. The molecule has 1 aromatic carbocycles. The van der Waals surface area contributed by atoms with Crippen molar-refractivity contribution >= 4 is 23.5 Å². The molecule has 0 heterocycles. The van der Waals surface area contributed by atoms with Crippen molar-refractivity contribution in [2.75, 3.05) is 20.3 Å². The topological polar surface area (TPSA) is 141 Å². The summed E-state index contributed by atoms with van der Waals surface area (Å²) in [4.78, 5) is 19.3. The molecule has 0 aliphatic heterocycles. The second-order valence-electron chi connectivity index (χ2n) is 3.80. The molecule has 1 rings (SSSR count). The smallest absolute Gasteiger partial charge is 0.251 e. The van der Waals surface area contributed by atoms with E-state index in [-0.39, 0.29) is 17.8 Å². The fourth-order valence-electron chi connectivity index (χ4n) is 1.35. The summed E-state index contributed by atoms with van der Waals surface area (Å²) in [7, 11) is 1.57. The number of aliphatic imine (C=N–C) groups is 2. The Kier molecular flexibility index (Phi) is 5.98. The lowest BCUT2D eigenvalue weighted by molar-refractivity contribution is 0.0937. The Hall–Kier alpha value is -2.61. The summed E-state index contributed by atoms with van der Waals surface area (Å²) in [6.07, 6.45) is 0. The van der Waals surface area contributed by atoms with Crippen LogP contribution in [0.5, 0.6) is 0 Å². The van der Waals surface area contributed by atoms with Gasteiger partial charge in [0.05, 0.1) is 12.3 Å². The van der Waals surface area contributed by atoms with Crippen LogP contribution < -0.4 is 22.5 Å². The van der Waals surface area contributed by atoms with E-state index in [9.17, 15) is 4.79 Å². The third-order valence-electron chi connectivity index (χ3n) is 2.21. The Morgan fingerprint density at radius 1 is 1.25 bits per heavy atom. The first-order valence-electron chi connectivity index (χ1n) is 5.84. The molecule has 0 aliphatic rings. The summed E-state index contributed by atoms with van der Waals surface area (Å²) in [5, 5.41) is 2.71. The quantitative estimate of drug-likeness (QED) is 0.319. The monoisotopic (exact) mass is 278 g/mol. The summed E-state index contributed by atoms with van der Waals surface area (Å²) in [6, 6.07) is 6.54. The van der Waals surface area contributed by atoms with Crippen LogP contribution in [-0.4, -0.2) is 38.1 Å². The Morgan fingerprint density at radius 3 is 2.45 bits per heavy atom. The van der Waals surface area contributed by atoms with Crippen molar-refractivity contribution in [3.8, 4) is 0 Å². The highest BCUT2D eigenvalue weighted by atomic mass is 16.5. The first-order valence-corrected chi connectivity index (χ1v) is 5.84. The van der Waals surface area contributed by atoms with Gasteiger partial charge in [-0.2, -0.15) is 4.99 Å². The summed E-state index contributed by atoms with van der Waals surface area (Å²) in [5.41, 5.74) is 16.9. The van der Waals surface area contributed by atoms with Gasteiger partial charge in [-0.1, -0.05) is 0 Å². The van der Waals surface area contributed by atoms with Crippen molar-refractivity contribution < 1.29 is 9.53 Å². The average Bonchev–Trinajstić information content (AvgIpc) is 2.38. The van der Waals surface area contributed by atoms with Crippen LogP contribution in [0.15, 0.2) is 34.3 Å². The summed E-state index contributed by atoms with van der Waals surface area (Å²) >= 11 is 0. The number of carbonyl (C=O) groups excluding carboxylic acids is 1. The molecule has 0 aromatic heterocycles. The maximum atomic E-state index is 11.7. The molecule has 0 radical (unpaired) electrons. The van der Waals surface area contributed by atoms with E-state index in [1.807, 2.05) is 0 Å². The lowest BCUT2D eigenvalue weighted by Crippen LogP contribution is -2.26. The molecule has 108 valence electrons. The van der Waals surface area contributed by atoms with E-state index in [4.69, 9.17) is 21.9 Å². The van der Waals surface area contributed by atoms with E-state index in [1.165, 1.54) is 0 Å². The number of hydrogen-bond donors (Lipinski definition) is 4. The summed E-state index contributed by atoms with van der Waals surface area (Å²) in [5.74, 6) is -0.405. The van der Waals surface area contributed by atoms with Crippen LogP contribution in [0, 0.1) is 0 Å². The lowest BCUT2D eigenvalue weighted by Gasteiger charge is -2.04. The number of hydrogen-bond acceptors (Lipinski definition) is 3. The zero-order valence-corrected chi connectivity index (χ0v) is 11.2. The Balaban J connectivity index is 2.69. The third-order valence-corrected chi connectivity index (χ3v) is 2.21. The number of benzene rings is 1. The second-order valence-corrected chi connectivity index (χ2v) is 3.80. The maximum Gasteiger partial charge on any atom is 0.251 e. The predicted octanol–water partition coefficient (Wildman–Crippen LogP) is -0.718. The van der Waals surface area contributed by atoms with Crippen LogP contribution >= 0.6 is 0 Å². The van der Waals surface area contributed by atoms with Crippen LogP contribution in [0.1, 0.15) is 10.4 Å². The van der Waals surface area contributed by atoms with Gasteiger partial charge in [-0.15, -0.1) is 0 Å². The normalized spacial score (nSPS) is 10.9. The van der Waals surface area contributed by atoms with Gasteiger partial charge in [0, 0.05) is 19.2 Å². The molecule has 1 amide bonds. The molecule has 0 fully saturated rings. The number of ether oxygens (including phenoxy) is 1. The molecule has 8 heteroatoms. The first kappa shape index (κ1) is 15.4.